The molecule has 1 aliphatic heterocycles. The van der Waals surface area contributed by atoms with E-state index in [4.69, 9.17) is 4.74 Å². The third kappa shape index (κ3) is 2.51. The SMILES string of the molecule is COC(C)Cn1c(C(F)(F)F)nc2c1CCNC2. The lowest BCUT2D eigenvalue weighted by atomic mass is 10.2. The molecule has 0 spiro atoms. The first-order chi connectivity index (χ1) is 8.43. The van der Waals surface area contributed by atoms with Gasteiger partial charge in [-0.3, -0.25) is 0 Å². The van der Waals surface area contributed by atoms with Crippen LogP contribution in [0.1, 0.15) is 24.1 Å². The lowest BCUT2D eigenvalue weighted by molar-refractivity contribution is -0.147. The Hall–Kier alpha value is -1.08. The van der Waals surface area contributed by atoms with E-state index < -0.39 is 12.0 Å². The molecule has 4 nitrogen and oxygen atoms in total. The topological polar surface area (TPSA) is 39.1 Å². The highest BCUT2D eigenvalue weighted by Gasteiger charge is 2.39. The fourth-order valence-electron chi connectivity index (χ4n) is 2.12. The third-order valence-electron chi connectivity index (χ3n) is 3.08. The lowest BCUT2D eigenvalue weighted by Gasteiger charge is -2.19. The van der Waals surface area contributed by atoms with E-state index >= 15 is 0 Å². The molecule has 102 valence electrons. The highest BCUT2D eigenvalue weighted by Crippen LogP contribution is 2.31. The quantitative estimate of drug-likeness (QED) is 0.900. The summed E-state index contributed by atoms with van der Waals surface area (Å²) in [4.78, 5) is 3.73. The summed E-state index contributed by atoms with van der Waals surface area (Å²) in [6.45, 7) is 2.99. The maximum absolute atomic E-state index is 12.9. The van der Waals surface area contributed by atoms with Crippen LogP contribution in [0.4, 0.5) is 13.2 Å². The molecule has 1 aromatic heterocycles. The van der Waals surface area contributed by atoms with Crippen molar-refractivity contribution in [3.63, 3.8) is 0 Å². The van der Waals surface area contributed by atoms with Gasteiger partial charge in [0.15, 0.2) is 0 Å². The zero-order valence-electron chi connectivity index (χ0n) is 10.3. The molecule has 1 unspecified atom stereocenters. The van der Waals surface area contributed by atoms with E-state index in [1.54, 1.807) is 6.92 Å². The molecular weight excluding hydrogens is 247 g/mol. The molecule has 1 atom stereocenters. The van der Waals surface area contributed by atoms with Crippen LogP contribution in [-0.4, -0.2) is 29.3 Å². The van der Waals surface area contributed by atoms with Gasteiger partial charge in [-0.05, 0) is 6.92 Å². The monoisotopic (exact) mass is 263 g/mol. The number of rotatable bonds is 3. The summed E-state index contributed by atoms with van der Waals surface area (Å²) in [5.41, 5.74) is 1.17. The van der Waals surface area contributed by atoms with Crippen LogP contribution >= 0.6 is 0 Å². The molecule has 0 amide bonds. The van der Waals surface area contributed by atoms with E-state index in [9.17, 15) is 13.2 Å². The molecule has 1 N–H and O–H groups in total. The Kier molecular flexibility index (Phi) is 3.63. The number of methoxy groups -OCH3 is 1. The summed E-state index contributed by atoms with van der Waals surface area (Å²) < 4.78 is 45.1. The summed E-state index contributed by atoms with van der Waals surface area (Å²) in [5.74, 6) is -0.819. The molecule has 0 aliphatic carbocycles. The minimum absolute atomic E-state index is 0.174. The molecule has 0 fully saturated rings. The minimum Gasteiger partial charge on any atom is -0.380 e. The predicted molar refractivity (Wildman–Crippen MR) is 59.1 cm³/mol. The Labute approximate surface area is 103 Å². The van der Waals surface area contributed by atoms with E-state index in [1.807, 2.05) is 0 Å². The number of fused-ring (bicyclic) bond motifs is 1. The van der Waals surface area contributed by atoms with Crippen LogP contribution in [0.25, 0.3) is 0 Å². The number of hydrogen-bond donors (Lipinski definition) is 1. The number of nitrogens with zero attached hydrogens (tertiary/aromatic N) is 2. The highest BCUT2D eigenvalue weighted by molar-refractivity contribution is 5.21. The van der Waals surface area contributed by atoms with Crippen LogP contribution in [0.5, 0.6) is 0 Å². The summed E-state index contributed by atoms with van der Waals surface area (Å²) in [7, 11) is 1.49. The lowest BCUT2D eigenvalue weighted by Crippen LogP contribution is -2.27. The Morgan fingerprint density at radius 2 is 2.22 bits per heavy atom. The molecule has 1 aromatic rings. The fourth-order valence-corrected chi connectivity index (χ4v) is 2.12. The maximum atomic E-state index is 12.9. The van der Waals surface area contributed by atoms with Gasteiger partial charge in [0.1, 0.15) is 0 Å². The van der Waals surface area contributed by atoms with Crippen LogP contribution in [0.15, 0.2) is 0 Å². The van der Waals surface area contributed by atoms with Crippen LogP contribution < -0.4 is 5.32 Å². The molecule has 0 saturated heterocycles. The number of imidazole rings is 1. The summed E-state index contributed by atoms with van der Waals surface area (Å²) >= 11 is 0. The number of alkyl halides is 3. The van der Waals surface area contributed by atoms with Gasteiger partial charge >= 0.3 is 6.18 Å². The second-order valence-electron chi connectivity index (χ2n) is 4.41. The largest absolute Gasteiger partial charge is 0.449 e. The molecule has 2 heterocycles. The molecule has 0 bridgehead atoms. The molecule has 7 heteroatoms. The van der Waals surface area contributed by atoms with Crippen molar-refractivity contribution in [3.8, 4) is 0 Å². The smallest absolute Gasteiger partial charge is 0.380 e. The Morgan fingerprint density at radius 3 is 2.83 bits per heavy atom. The Balaban J connectivity index is 2.42. The van der Waals surface area contributed by atoms with Gasteiger partial charge in [-0.15, -0.1) is 0 Å². The summed E-state index contributed by atoms with van der Waals surface area (Å²) in [6, 6.07) is 0. The van der Waals surface area contributed by atoms with Crippen molar-refractivity contribution in [2.75, 3.05) is 13.7 Å². The molecule has 2 rings (SSSR count). The Bertz CT molecular complexity index is 428. The van der Waals surface area contributed by atoms with Crippen molar-refractivity contribution >= 4 is 0 Å². The van der Waals surface area contributed by atoms with Gasteiger partial charge < -0.3 is 14.6 Å². The first-order valence-electron chi connectivity index (χ1n) is 5.82. The maximum Gasteiger partial charge on any atom is 0.449 e. The highest BCUT2D eigenvalue weighted by atomic mass is 19.4. The normalized spacial score (nSPS) is 17.6. The van der Waals surface area contributed by atoms with E-state index in [0.29, 0.717) is 30.9 Å². The number of hydrogen-bond acceptors (Lipinski definition) is 3. The predicted octanol–water partition coefficient (Wildman–Crippen LogP) is 1.58. The van der Waals surface area contributed by atoms with Crippen molar-refractivity contribution < 1.29 is 17.9 Å². The summed E-state index contributed by atoms with van der Waals surface area (Å²) in [5, 5.41) is 3.03. The van der Waals surface area contributed by atoms with Gasteiger partial charge in [0.2, 0.25) is 5.82 Å². The average molecular weight is 263 g/mol. The number of aromatic nitrogens is 2. The van der Waals surface area contributed by atoms with Crippen LogP contribution in [0.3, 0.4) is 0 Å². The van der Waals surface area contributed by atoms with E-state index in [0.717, 1.165) is 0 Å². The summed E-state index contributed by atoms with van der Waals surface area (Å²) in [6.07, 6.45) is -4.14. The molecule has 0 saturated carbocycles. The average Bonchev–Trinajstić information content (AvgIpc) is 2.68. The van der Waals surface area contributed by atoms with E-state index in [2.05, 4.69) is 10.3 Å². The fraction of sp³-hybridized carbons (Fsp3) is 0.727. The first kappa shape index (κ1) is 13.4. The zero-order valence-corrected chi connectivity index (χ0v) is 10.3. The van der Waals surface area contributed by atoms with Gasteiger partial charge in [-0.25, -0.2) is 4.98 Å². The second kappa shape index (κ2) is 4.89. The van der Waals surface area contributed by atoms with Crippen molar-refractivity contribution in [2.24, 2.45) is 0 Å². The zero-order chi connectivity index (χ0) is 13.3. The van der Waals surface area contributed by atoms with Gasteiger partial charge in [0.05, 0.1) is 18.3 Å². The van der Waals surface area contributed by atoms with Crippen LogP contribution in [-0.2, 0) is 30.4 Å². The van der Waals surface area contributed by atoms with E-state index in [1.165, 1.54) is 11.7 Å². The molecule has 0 radical (unpaired) electrons. The van der Waals surface area contributed by atoms with Crippen LogP contribution in [0, 0.1) is 0 Å². The minimum atomic E-state index is -4.43. The van der Waals surface area contributed by atoms with Gasteiger partial charge in [0, 0.05) is 32.3 Å². The molecule has 0 aromatic carbocycles. The Morgan fingerprint density at radius 1 is 1.50 bits per heavy atom. The van der Waals surface area contributed by atoms with Crippen molar-refractivity contribution in [1.29, 1.82) is 0 Å². The number of ether oxygens (including phenoxy) is 1. The van der Waals surface area contributed by atoms with Crippen molar-refractivity contribution in [3.05, 3.63) is 17.2 Å². The number of halogens is 3. The molecule has 1 aliphatic rings. The number of nitrogens with one attached hydrogen (secondary N) is 1. The third-order valence-corrected chi connectivity index (χ3v) is 3.08. The standard InChI is InChI=1S/C11H16F3N3O/c1-7(18-2)6-17-9-3-4-15-5-8(9)16-10(17)11(12,13)14/h7,15H,3-6H2,1-2H3. The van der Waals surface area contributed by atoms with Gasteiger partial charge in [-0.1, -0.05) is 0 Å². The molecular formula is C11H16F3N3O. The van der Waals surface area contributed by atoms with Crippen molar-refractivity contribution in [1.82, 2.24) is 14.9 Å². The van der Waals surface area contributed by atoms with Gasteiger partial charge in [-0.2, -0.15) is 13.2 Å². The van der Waals surface area contributed by atoms with Crippen LogP contribution in [0.2, 0.25) is 0 Å². The first-order valence-corrected chi connectivity index (χ1v) is 5.82. The van der Waals surface area contributed by atoms with E-state index in [-0.39, 0.29) is 12.6 Å². The van der Waals surface area contributed by atoms with Crippen molar-refractivity contribution in [2.45, 2.75) is 38.7 Å². The molecule has 18 heavy (non-hydrogen) atoms. The second-order valence-corrected chi connectivity index (χ2v) is 4.41. The van der Waals surface area contributed by atoms with Gasteiger partial charge in [0.25, 0.3) is 0 Å².